The van der Waals surface area contributed by atoms with Crippen molar-refractivity contribution in [2.45, 2.75) is 6.04 Å². The van der Waals surface area contributed by atoms with E-state index in [1.807, 2.05) is 0 Å². The Labute approximate surface area is 104 Å². The number of carbonyl (C=O) groups is 2. The van der Waals surface area contributed by atoms with Crippen molar-refractivity contribution < 1.29 is 9.59 Å². The first kappa shape index (κ1) is 12.3. The Hall–Kier alpha value is -2.15. The lowest BCUT2D eigenvalue weighted by Crippen LogP contribution is -2.57. The highest BCUT2D eigenvalue weighted by molar-refractivity contribution is 5.91. The molecule has 1 aliphatic rings. The number of nitrogens with zero attached hydrogens (tertiary/aromatic N) is 2. The van der Waals surface area contributed by atoms with Crippen LogP contribution in [0.4, 0.5) is 5.82 Å². The molecule has 1 aromatic rings. The Morgan fingerprint density at radius 3 is 2.83 bits per heavy atom. The molecule has 2 amide bonds. The molecule has 0 radical (unpaired) electrons. The summed E-state index contributed by atoms with van der Waals surface area (Å²) in [5.41, 5.74) is 10.7. The lowest BCUT2D eigenvalue weighted by molar-refractivity contribution is -0.119. The van der Waals surface area contributed by atoms with Gasteiger partial charge in [-0.25, -0.2) is 4.98 Å². The van der Waals surface area contributed by atoms with Crippen LogP contribution in [-0.4, -0.2) is 42.5 Å². The number of amides is 2. The molecule has 0 bridgehead atoms. The van der Waals surface area contributed by atoms with Gasteiger partial charge in [-0.3, -0.25) is 9.59 Å². The summed E-state index contributed by atoms with van der Waals surface area (Å²) in [4.78, 5) is 28.4. The molecule has 1 atom stereocenters. The molecule has 0 spiro atoms. The molecule has 0 saturated carbocycles. The van der Waals surface area contributed by atoms with Crippen molar-refractivity contribution >= 4 is 17.6 Å². The fourth-order valence-electron chi connectivity index (χ4n) is 1.95. The number of hydrogen-bond donors (Lipinski definition) is 3. The van der Waals surface area contributed by atoms with Gasteiger partial charge in [-0.05, 0) is 12.1 Å². The molecule has 1 aromatic heterocycles. The van der Waals surface area contributed by atoms with Crippen LogP contribution in [0.25, 0.3) is 0 Å². The van der Waals surface area contributed by atoms with Crippen LogP contribution in [0.2, 0.25) is 0 Å². The predicted molar refractivity (Wildman–Crippen MR) is 66.0 cm³/mol. The summed E-state index contributed by atoms with van der Waals surface area (Å²) in [7, 11) is 0. The number of pyridine rings is 1. The van der Waals surface area contributed by atoms with Crippen LogP contribution in [-0.2, 0) is 4.79 Å². The molecule has 18 heavy (non-hydrogen) atoms. The van der Waals surface area contributed by atoms with Crippen molar-refractivity contribution in [2.24, 2.45) is 11.5 Å². The highest BCUT2D eigenvalue weighted by Crippen LogP contribution is 2.16. The van der Waals surface area contributed by atoms with E-state index in [0.29, 0.717) is 18.9 Å². The summed E-state index contributed by atoms with van der Waals surface area (Å²) in [6, 6.07) is 4.48. The summed E-state index contributed by atoms with van der Waals surface area (Å²) in [5, 5.41) is 3.09. The van der Waals surface area contributed by atoms with E-state index in [9.17, 15) is 9.59 Å². The smallest absolute Gasteiger partial charge is 0.267 e. The van der Waals surface area contributed by atoms with Crippen molar-refractivity contribution in [3.05, 3.63) is 23.9 Å². The summed E-state index contributed by atoms with van der Waals surface area (Å²) in [6.45, 7) is 1.80. The van der Waals surface area contributed by atoms with Gasteiger partial charge in [0.05, 0.1) is 0 Å². The number of nitrogens with one attached hydrogen (secondary N) is 1. The molecule has 96 valence electrons. The van der Waals surface area contributed by atoms with E-state index in [4.69, 9.17) is 11.5 Å². The Morgan fingerprint density at radius 2 is 2.17 bits per heavy atom. The zero-order chi connectivity index (χ0) is 13.1. The molecule has 5 N–H and O–H groups in total. The van der Waals surface area contributed by atoms with Gasteiger partial charge in [0, 0.05) is 19.6 Å². The molecule has 7 heteroatoms. The molecular formula is C11H15N5O2. The van der Waals surface area contributed by atoms with E-state index in [-0.39, 0.29) is 5.69 Å². The molecule has 2 heterocycles. The van der Waals surface area contributed by atoms with E-state index in [1.165, 1.54) is 6.07 Å². The number of aromatic nitrogens is 1. The molecule has 1 unspecified atom stereocenters. The largest absolute Gasteiger partial charge is 0.368 e. The van der Waals surface area contributed by atoms with Crippen LogP contribution in [0.15, 0.2) is 18.2 Å². The first-order valence-electron chi connectivity index (χ1n) is 5.63. The van der Waals surface area contributed by atoms with Crippen LogP contribution in [0.5, 0.6) is 0 Å². The molecule has 1 fully saturated rings. The number of hydrogen-bond acceptors (Lipinski definition) is 5. The zero-order valence-corrected chi connectivity index (χ0v) is 9.80. The monoisotopic (exact) mass is 249 g/mol. The first-order valence-corrected chi connectivity index (χ1v) is 5.63. The molecule has 2 rings (SSSR count). The van der Waals surface area contributed by atoms with Crippen LogP contribution in [0.3, 0.4) is 0 Å². The standard InChI is InChI=1S/C11H15N5O2/c12-10(17)7-2-1-3-9(15-7)16-5-4-14-6-8(16)11(13)18/h1-3,8,14H,4-6H2,(H2,12,17)(H2,13,18). The van der Waals surface area contributed by atoms with Crippen LogP contribution in [0.1, 0.15) is 10.5 Å². The number of primary amides is 2. The highest BCUT2D eigenvalue weighted by Gasteiger charge is 2.27. The average Bonchev–Trinajstić information content (AvgIpc) is 2.39. The minimum atomic E-state index is -0.595. The van der Waals surface area contributed by atoms with Crippen molar-refractivity contribution in [1.29, 1.82) is 0 Å². The van der Waals surface area contributed by atoms with E-state index < -0.39 is 17.9 Å². The minimum Gasteiger partial charge on any atom is -0.368 e. The fraction of sp³-hybridized carbons (Fsp3) is 0.364. The molecule has 7 nitrogen and oxygen atoms in total. The van der Waals surface area contributed by atoms with E-state index in [2.05, 4.69) is 10.3 Å². The van der Waals surface area contributed by atoms with Crippen LogP contribution >= 0.6 is 0 Å². The number of nitrogens with two attached hydrogens (primary N) is 2. The number of anilines is 1. The van der Waals surface area contributed by atoms with Crippen molar-refractivity contribution in [2.75, 3.05) is 24.5 Å². The average molecular weight is 249 g/mol. The maximum atomic E-state index is 11.4. The van der Waals surface area contributed by atoms with Gasteiger partial charge in [0.1, 0.15) is 17.6 Å². The molecule has 1 saturated heterocycles. The summed E-state index contributed by atoms with van der Waals surface area (Å²) < 4.78 is 0. The van der Waals surface area contributed by atoms with Crippen LogP contribution < -0.4 is 21.7 Å². The van der Waals surface area contributed by atoms with Crippen LogP contribution in [0, 0.1) is 0 Å². The number of piperazine rings is 1. The quantitative estimate of drug-likeness (QED) is 0.599. The third-order valence-corrected chi connectivity index (χ3v) is 2.85. The molecule has 0 aliphatic carbocycles. The zero-order valence-electron chi connectivity index (χ0n) is 9.80. The predicted octanol–water partition coefficient (Wildman–Crippen LogP) is -1.56. The Kier molecular flexibility index (Phi) is 3.42. The SMILES string of the molecule is NC(=O)c1cccc(N2CCNCC2C(N)=O)n1. The number of carbonyl (C=O) groups excluding carboxylic acids is 2. The third-order valence-electron chi connectivity index (χ3n) is 2.85. The second-order valence-corrected chi connectivity index (χ2v) is 4.06. The van der Waals surface area contributed by atoms with Gasteiger partial charge in [0.25, 0.3) is 5.91 Å². The topological polar surface area (TPSA) is 114 Å². The Morgan fingerprint density at radius 1 is 1.39 bits per heavy atom. The molecular weight excluding hydrogens is 234 g/mol. The van der Waals surface area contributed by atoms with Gasteiger partial charge in [0.15, 0.2) is 0 Å². The second-order valence-electron chi connectivity index (χ2n) is 4.06. The Bertz CT molecular complexity index is 476. The highest BCUT2D eigenvalue weighted by atomic mass is 16.1. The lowest BCUT2D eigenvalue weighted by Gasteiger charge is -2.35. The van der Waals surface area contributed by atoms with Crippen molar-refractivity contribution in [3.63, 3.8) is 0 Å². The summed E-state index contributed by atoms with van der Waals surface area (Å²) in [6.07, 6.45) is 0. The van der Waals surface area contributed by atoms with Gasteiger partial charge < -0.3 is 21.7 Å². The normalized spacial score (nSPS) is 19.6. The maximum Gasteiger partial charge on any atom is 0.267 e. The van der Waals surface area contributed by atoms with Gasteiger partial charge >= 0.3 is 0 Å². The second kappa shape index (κ2) is 5.01. The third kappa shape index (κ3) is 2.40. The van der Waals surface area contributed by atoms with Gasteiger partial charge in [-0.1, -0.05) is 6.07 Å². The Balaban J connectivity index is 2.30. The van der Waals surface area contributed by atoms with Crippen molar-refractivity contribution in [1.82, 2.24) is 10.3 Å². The summed E-state index contributed by atoms with van der Waals surface area (Å²) >= 11 is 0. The van der Waals surface area contributed by atoms with Crippen molar-refractivity contribution in [3.8, 4) is 0 Å². The van der Waals surface area contributed by atoms with E-state index >= 15 is 0 Å². The van der Waals surface area contributed by atoms with E-state index in [0.717, 1.165) is 6.54 Å². The van der Waals surface area contributed by atoms with Gasteiger partial charge in [-0.15, -0.1) is 0 Å². The summed E-state index contributed by atoms with van der Waals surface area (Å²) in [5.74, 6) is -0.479. The molecule has 1 aliphatic heterocycles. The lowest BCUT2D eigenvalue weighted by atomic mass is 10.1. The minimum absolute atomic E-state index is 0.175. The van der Waals surface area contributed by atoms with Gasteiger partial charge in [-0.2, -0.15) is 0 Å². The fourth-order valence-corrected chi connectivity index (χ4v) is 1.95. The molecule has 0 aromatic carbocycles. The number of rotatable bonds is 3. The maximum absolute atomic E-state index is 11.4. The van der Waals surface area contributed by atoms with Gasteiger partial charge in [0.2, 0.25) is 5.91 Å². The van der Waals surface area contributed by atoms with E-state index in [1.54, 1.807) is 17.0 Å². The first-order chi connectivity index (χ1) is 8.59.